The van der Waals surface area contributed by atoms with E-state index in [1.807, 2.05) is 30.3 Å². The number of rotatable bonds is 5. The van der Waals surface area contributed by atoms with Crippen molar-refractivity contribution in [2.24, 2.45) is 0 Å². The molecule has 3 aromatic carbocycles. The zero-order valence-electron chi connectivity index (χ0n) is 20.1. The van der Waals surface area contributed by atoms with E-state index in [1.54, 1.807) is 11.3 Å². The molecule has 1 atom stereocenters. The fourth-order valence-electron chi connectivity index (χ4n) is 5.07. The maximum absolute atomic E-state index is 6.21. The van der Waals surface area contributed by atoms with E-state index in [0.717, 1.165) is 58.6 Å². The Morgan fingerprint density at radius 3 is 2.11 bits per heavy atom. The molecule has 3 heterocycles. The summed E-state index contributed by atoms with van der Waals surface area (Å²) in [4.78, 5) is 17.3. The van der Waals surface area contributed by atoms with Crippen molar-refractivity contribution in [2.45, 2.75) is 13.0 Å². The Kier molecular flexibility index (Phi) is 6.45. The third-order valence-corrected chi connectivity index (χ3v) is 8.00. The van der Waals surface area contributed by atoms with Crippen molar-refractivity contribution in [1.29, 1.82) is 0 Å². The molecule has 1 aliphatic rings. The monoisotopic (exact) mass is 510 g/mol. The Bertz CT molecular complexity index is 1460. The lowest BCUT2D eigenvalue weighted by atomic mass is 9.96. The van der Waals surface area contributed by atoms with Gasteiger partial charge in [0.2, 0.25) is 0 Å². The largest absolute Gasteiger partial charge is 0.353 e. The van der Waals surface area contributed by atoms with Crippen LogP contribution in [0.4, 0.5) is 5.82 Å². The lowest BCUT2D eigenvalue weighted by Crippen LogP contribution is -2.48. The summed E-state index contributed by atoms with van der Waals surface area (Å²) in [6, 6.07) is 31.8. The summed E-state index contributed by atoms with van der Waals surface area (Å²) >= 11 is 7.95. The van der Waals surface area contributed by atoms with Crippen LogP contribution in [0, 0.1) is 6.92 Å². The molecule has 0 spiro atoms. The maximum atomic E-state index is 6.21. The summed E-state index contributed by atoms with van der Waals surface area (Å²) in [7, 11) is 0. The molecule has 0 N–H and O–H groups in total. The van der Waals surface area contributed by atoms with E-state index in [2.05, 4.69) is 77.4 Å². The van der Waals surface area contributed by atoms with Crippen LogP contribution in [0.5, 0.6) is 0 Å². The van der Waals surface area contributed by atoms with Gasteiger partial charge in [0.1, 0.15) is 10.6 Å². The van der Waals surface area contributed by atoms with Crippen LogP contribution in [-0.2, 0) is 0 Å². The number of piperazine rings is 1. The first-order chi connectivity index (χ1) is 17.7. The number of halogens is 1. The predicted molar refractivity (Wildman–Crippen MR) is 151 cm³/mol. The van der Waals surface area contributed by atoms with Gasteiger partial charge in [-0.1, -0.05) is 84.4 Å². The maximum Gasteiger partial charge on any atom is 0.163 e. The van der Waals surface area contributed by atoms with Crippen LogP contribution in [0.15, 0.2) is 91.0 Å². The summed E-state index contributed by atoms with van der Waals surface area (Å²) in [6.07, 6.45) is 0. The quantitative estimate of drug-likeness (QED) is 0.249. The Labute approximate surface area is 220 Å². The lowest BCUT2D eigenvalue weighted by Gasteiger charge is -2.40. The number of anilines is 1. The molecule has 36 heavy (non-hydrogen) atoms. The molecule has 6 rings (SSSR count). The second kappa shape index (κ2) is 10.0. The van der Waals surface area contributed by atoms with Crippen LogP contribution in [0.2, 0.25) is 5.02 Å². The summed E-state index contributed by atoms with van der Waals surface area (Å²) in [6.45, 7) is 5.85. The van der Waals surface area contributed by atoms with Crippen LogP contribution in [0.3, 0.4) is 0 Å². The third kappa shape index (κ3) is 4.62. The fraction of sp³-hybridized carbons (Fsp3) is 0.200. The molecular formula is C30H27ClN4S. The Morgan fingerprint density at radius 1 is 0.778 bits per heavy atom. The van der Waals surface area contributed by atoms with Gasteiger partial charge in [-0.15, -0.1) is 11.3 Å². The minimum Gasteiger partial charge on any atom is -0.353 e. The van der Waals surface area contributed by atoms with E-state index in [9.17, 15) is 0 Å². The fourth-order valence-corrected chi connectivity index (χ4v) is 6.07. The van der Waals surface area contributed by atoms with Gasteiger partial charge in [-0.05, 0) is 36.2 Å². The van der Waals surface area contributed by atoms with E-state index >= 15 is 0 Å². The smallest absolute Gasteiger partial charge is 0.163 e. The molecule has 6 heteroatoms. The molecule has 2 aromatic heterocycles. The van der Waals surface area contributed by atoms with Gasteiger partial charge in [0, 0.05) is 41.6 Å². The molecule has 0 aliphatic carbocycles. The highest BCUT2D eigenvalue weighted by Gasteiger charge is 2.28. The number of aromatic nitrogens is 2. The van der Waals surface area contributed by atoms with E-state index < -0.39 is 0 Å². The SMILES string of the molecule is Cc1cc2c(N3CCN(C(c4ccccc4)c4ccc(Cl)cc4)CC3)nc(-c3ccccc3)nc2s1. The first kappa shape index (κ1) is 23.2. The topological polar surface area (TPSA) is 32.3 Å². The molecule has 1 fully saturated rings. The van der Waals surface area contributed by atoms with E-state index in [-0.39, 0.29) is 6.04 Å². The number of thiophene rings is 1. The molecule has 5 aromatic rings. The lowest BCUT2D eigenvalue weighted by molar-refractivity contribution is 0.212. The molecule has 1 unspecified atom stereocenters. The van der Waals surface area contributed by atoms with Gasteiger partial charge in [-0.2, -0.15) is 0 Å². The van der Waals surface area contributed by atoms with Gasteiger partial charge >= 0.3 is 0 Å². The van der Waals surface area contributed by atoms with Crippen molar-refractivity contribution in [1.82, 2.24) is 14.9 Å². The van der Waals surface area contributed by atoms with Crippen LogP contribution in [0.1, 0.15) is 22.0 Å². The minimum absolute atomic E-state index is 0.194. The molecule has 0 amide bonds. The standard InChI is InChI=1S/C30H27ClN4S/c1-21-20-26-29(32-28(33-30(26)36-21)24-10-6-3-7-11-24)35-18-16-34(17-19-35)27(22-8-4-2-5-9-22)23-12-14-25(31)15-13-23/h2-15,20,27H,16-19H2,1H3. The summed E-state index contributed by atoms with van der Waals surface area (Å²) in [5.41, 5.74) is 3.62. The van der Waals surface area contributed by atoms with E-state index in [4.69, 9.17) is 21.6 Å². The number of aryl methyl sites for hydroxylation is 1. The molecule has 0 radical (unpaired) electrons. The Morgan fingerprint density at radius 2 is 1.42 bits per heavy atom. The molecule has 180 valence electrons. The predicted octanol–water partition coefficient (Wildman–Crippen LogP) is 7.23. The number of hydrogen-bond donors (Lipinski definition) is 0. The van der Waals surface area contributed by atoms with Crippen molar-refractivity contribution in [3.63, 3.8) is 0 Å². The molecular weight excluding hydrogens is 484 g/mol. The van der Waals surface area contributed by atoms with Gasteiger partial charge in [-0.25, -0.2) is 9.97 Å². The molecule has 0 bridgehead atoms. The Balaban J connectivity index is 1.31. The van der Waals surface area contributed by atoms with Crippen molar-refractivity contribution in [2.75, 3.05) is 31.1 Å². The number of nitrogens with zero attached hydrogens (tertiary/aromatic N) is 4. The zero-order chi connectivity index (χ0) is 24.5. The van der Waals surface area contributed by atoms with E-state index in [1.165, 1.54) is 16.0 Å². The zero-order valence-corrected chi connectivity index (χ0v) is 21.7. The first-order valence-electron chi connectivity index (χ1n) is 12.3. The summed E-state index contributed by atoms with van der Waals surface area (Å²) in [5, 5.41) is 1.92. The van der Waals surface area contributed by atoms with Crippen LogP contribution >= 0.6 is 22.9 Å². The van der Waals surface area contributed by atoms with Crippen molar-refractivity contribution in [3.8, 4) is 11.4 Å². The number of fused-ring (bicyclic) bond motifs is 1. The van der Waals surface area contributed by atoms with Crippen molar-refractivity contribution >= 4 is 39.0 Å². The third-order valence-electron chi connectivity index (χ3n) is 6.81. The van der Waals surface area contributed by atoms with Gasteiger partial charge in [-0.3, -0.25) is 4.90 Å². The van der Waals surface area contributed by atoms with Gasteiger partial charge < -0.3 is 4.90 Å². The second-order valence-electron chi connectivity index (χ2n) is 9.20. The Hall–Kier alpha value is -3.25. The van der Waals surface area contributed by atoms with Crippen LogP contribution in [0.25, 0.3) is 21.6 Å². The van der Waals surface area contributed by atoms with E-state index in [0.29, 0.717) is 0 Å². The van der Waals surface area contributed by atoms with Crippen LogP contribution < -0.4 is 4.90 Å². The molecule has 1 saturated heterocycles. The molecule has 1 aliphatic heterocycles. The highest BCUT2D eigenvalue weighted by Crippen LogP contribution is 2.35. The van der Waals surface area contributed by atoms with Gasteiger partial charge in [0.25, 0.3) is 0 Å². The van der Waals surface area contributed by atoms with Gasteiger partial charge in [0.15, 0.2) is 5.82 Å². The summed E-state index contributed by atoms with van der Waals surface area (Å²) < 4.78 is 0. The van der Waals surface area contributed by atoms with Gasteiger partial charge in [0.05, 0.1) is 11.4 Å². The average Bonchev–Trinajstić information content (AvgIpc) is 3.31. The van der Waals surface area contributed by atoms with Crippen LogP contribution in [-0.4, -0.2) is 41.0 Å². The second-order valence-corrected chi connectivity index (χ2v) is 10.9. The highest BCUT2D eigenvalue weighted by atomic mass is 35.5. The summed E-state index contributed by atoms with van der Waals surface area (Å²) in [5.74, 6) is 1.84. The molecule has 4 nitrogen and oxygen atoms in total. The number of benzene rings is 3. The molecule has 0 saturated carbocycles. The van der Waals surface area contributed by atoms with Crippen molar-refractivity contribution < 1.29 is 0 Å². The first-order valence-corrected chi connectivity index (χ1v) is 13.5. The van der Waals surface area contributed by atoms with Crippen molar-refractivity contribution in [3.05, 3.63) is 112 Å². The normalized spacial score (nSPS) is 15.3. The minimum atomic E-state index is 0.194. The average molecular weight is 511 g/mol. The highest BCUT2D eigenvalue weighted by molar-refractivity contribution is 7.18. The number of hydrogen-bond acceptors (Lipinski definition) is 5.